The number of aromatic nitrogens is 2. The number of pyridine rings is 2. The van der Waals surface area contributed by atoms with Gasteiger partial charge in [0.05, 0.1) is 28.2 Å². The zero-order valence-corrected chi connectivity index (χ0v) is 21.9. The van der Waals surface area contributed by atoms with Crippen LogP contribution in [0.25, 0.3) is 27.5 Å². The van der Waals surface area contributed by atoms with Gasteiger partial charge >= 0.3 is 5.97 Å². The molecule has 0 bridgehead atoms. The lowest BCUT2D eigenvalue weighted by atomic mass is 9.99. The molecule has 3 heterocycles. The first kappa shape index (κ1) is 25.1. The summed E-state index contributed by atoms with van der Waals surface area (Å²) in [5.41, 5.74) is 7.57. The summed E-state index contributed by atoms with van der Waals surface area (Å²) in [6.45, 7) is 1.90. The van der Waals surface area contributed by atoms with Crippen molar-refractivity contribution in [2.45, 2.75) is 19.4 Å². The third-order valence-electron chi connectivity index (χ3n) is 7.25. The van der Waals surface area contributed by atoms with Crippen molar-refractivity contribution in [3.63, 3.8) is 0 Å². The predicted molar refractivity (Wildman–Crippen MR) is 157 cm³/mol. The van der Waals surface area contributed by atoms with Crippen molar-refractivity contribution in [2.75, 3.05) is 0 Å². The fourth-order valence-corrected chi connectivity index (χ4v) is 5.15. The summed E-state index contributed by atoms with van der Waals surface area (Å²) in [4.78, 5) is 29.5. The zero-order chi connectivity index (χ0) is 27.6. The summed E-state index contributed by atoms with van der Waals surface area (Å²) in [5, 5.41) is 13.4. The molecule has 6 nitrogen and oxygen atoms in total. The van der Waals surface area contributed by atoms with E-state index in [0.717, 1.165) is 44.2 Å². The van der Waals surface area contributed by atoms with E-state index in [2.05, 4.69) is 40.8 Å². The van der Waals surface area contributed by atoms with Crippen molar-refractivity contribution >= 4 is 28.3 Å². The number of hydrogen-bond donors (Lipinski definition) is 2. The highest BCUT2D eigenvalue weighted by Crippen LogP contribution is 2.28. The van der Waals surface area contributed by atoms with E-state index >= 15 is 0 Å². The van der Waals surface area contributed by atoms with Crippen LogP contribution in [0.2, 0.25) is 0 Å². The Morgan fingerprint density at radius 1 is 0.900 bits per heavy atom. The second-order valence-electron chi connectivity index (χ2n) is 9.93. The van der Waals surface area contributed by atoms with Crippen LogP contribution in [0.4, 0.5) is 0 Å². The van der Waals surface area contributed by atoms with E-state index in [1.54, 1.807) is 30.5 Å². The highest BCUT2D eigenvalue weighted by atomic mass is 16.4. The molecule has 1 amide bonds. The number of aromatic carboxylic acids is 1. The van der Waals surface area contributed by atoms with Gasteiger partial charge in [-0.25, -0.2) is 4.79 Å². The maximum Gasteiger partial charge on any atom is 0.335 e. The number of rotatable bonds is 7. The second-order valence-corrected chi connectivity index (χ2v) is 9.93. The van der Waals surface area contributed by atoms with Crippen molar-refractivity contribution in [3.8, 4) is 11.1 Å². The molecule has 0 aliphatic rings. The number of nitrogens with one attached hydrogen (secondary N) is 1. The molecule has 1 atom stereocenters. The van der Waals surface area contributed by atoms with E-state index in [4.69, 9.17) is 0 Å². The SMILES string of the molecule is C[C@H](NC(=O)c1cc(-c2ccccc2)cn2ccc(Cc3ccc4ncccc4c3)c12)c1ccc(C(=O)O)cc1. The van der Waals surface area contributed by atoms with Crippen LogP contribution in [0, 0.1) is 0 Å². The smallest absolute Gasteiger partial charge is 0.335 e. The quantitative estimate of drug-likeness (QED) is 0.237. The van der Waals surface area contributed by atoms with Crippen molar-refractivity contribution < 1.29 is 14.7 Å². The van der Waals surface area contributed by atoms with Crippen molar-refractivity contribution in [1.82, 2.24) is 14.7 Å². The maximum atomic E-state index is 13.9. The molecule has 6 aromatic rings. The summed E-state index contributed by atoms with van der Waals surface area (Å²) >= 11 is 0. The molecular weight excluding hydrogens is 498 g/mol. The fraction of sp³-hybridized carbons (Fsp3) is 0.0882. The van der Waals surface area contributed by atoms with Crippen LogP contribution in [0.5, 0.6) is 0 Å². The Labute approximate surface area is 231 Å². The molecular formula is C34H27N3O3. The van der Waals surface area contributed by atoms with Crippen LogP contribution in [-0.4, -0.2) is 26.4 Å². The third kappa shape index (κ3) is 4.95. The van der Waals surface area contributed by atoms with E-state index in [-0.39, 0.29) is 17.5 Å². The Hall–Kier alpha value is -5.23. The first-order chi connectivity index (χ1) is 19.5. The lowest BCUT2D eigenvalue weighted by Gasteiger charge is -2.17. The van der Waals surface area contributed by atoms with Crippen LogP contribution in [0.1, 0.15) is 50.4 Å². The topological polar surface area (TPSA) is 83.7 Å². The molecule has 6 rings (SSSR count). The maximum absolute atomic E-state index is 13.9. The van der Waals surface area contributed by atoms with E-state index in [1.807, 2.05) is 66.1 Å². The second kappa shape index (κ2) is 10.5. The number of benzene rings is 3. The van der Waals surface area contributed by atoms with Crippen LogP contribution in [0.3, 0.4) is 0 Å². The lowest BCUT2D eigenvalue weighted by molar-refractivity contribution is 0.0696. The molecule has 2 N–H and O–H groups in total. The molecule has 3 aromatic heterocycles. The van der Waals surface area contributed by atoms with Gasteiger partial charge < -0.3 is 14.8 Å². The van der Waals surface area contributed by atoms with Gasteiger partial charge in [0.2, 0.25) is 0 Å². The number of hydrogen-bond acceptors (Lipinski definition) is 3. The highest BCUT2D eigenvalue weighted by molar-refractivity contribution is 6.03. The Bertz CT molecular complexity index is 1860. The van der Waals surface area contributed by atoms with Gasteiger partial charge in [-0.15, -0.1) is 0 Å². The average Bonchev–Trinajstić information content (AvgIpc) is 3.39. The number of nitrogens with zero attached hydrogens (tertiary/aromatic N) is 2. The summed E-state index contributed by atoms with van der Waals surface area (Å²) < 4.78 is 2.03. The van der Waals surface area contributed by atoms with Gasteiger partial charge in [-0.05, 0) is 83.6 Å². The number of carboxylic acid groups (broad SMARTS) is 1. The van der Waals surface area contributed by atoms with E-state index in [1.165, 1.54) is 0 Å². The molecule has 40 heavy (non-hydrogen) atoms. The van der Waals surface area contributed by atoms with E-state index in [9.17, 15) is 14.7 Å². The van der Waals surface area contributed by atoms with Gasteiger partial charge in [0.1, 0.15) is 0 Å². The molecule has 0 radical (unpaired) electrons. The molecule has 0 aliphatic carbocycles. The summed E-state index contributed by atoms with van der Waals surface area (Å²) in [6.07, 6.45) is 6.52. The van der Waals surface area contributed by atoms with Crippen molar-refractivity contribution in [2.24, 2.45) is 0 Å². The summed E-state index contributed by atoms with van der Waals surface area (Å²) in [5.74, 6) is -1.17. The van der Waals surface area contributed by atoms with Gasteiger partial charge in [-0.2, -0.15) is 0 Å². The molecule has 0 saturated carbocycles. The van der Waals surface area contributed by atoms with E-state index < -0.39 is 5.97 Å². The molecule has 0 fully saturated rings. The number of amides is 1. The minimum atomic E-state index is -0.980. The Morgan fingerprint density at radius 3 is 2.48 bits per heavy atom. The fourth-order valence-electron chi connectivity index (χ4n) is 5.15. The molecule has 0 unspecified atom stereocenters. The van der Waals surface area contributed by atoms with Gasteiger partial charge in [-0.3, -0.25) is 9.78 Å². The minimum absolute atomic E-state index is 0.194. The Balaban J connectivity index is 1.39. The normalized spacial score (nSPS) is 11.9. The first-order valence-corrected chi connectivity index (χ1v) is 13.1. The van der Waals surface area contributed by atoms with Crippen molar-refractivity contribution in [1.29, 1.82) is 0 Å². The lowest BCUT2D eigenvalue weighted by Crippen LogP contribution is -2.27. The van der Waals surface area contributed by atoms with Gasteiger partial charge in [0.25, 0.3) is 5.91 Å². The third-order valence-corrected chi connectivity index (χ3v) is 7.25. The number of carbonyl (C=O) groups is 2. The van der Waals surface area contributed by atoms with Gasteiger partial charge in [-0.1, -0.05) is 54.6 Å². The minimum Gasteiger partial charge on any atom is -0.478 e. The van der Waals surface area contributed by atoms with Crippen LogP contribution in [0.15, 0.2) is 116 Å². The van der Waals surface area contributed by atoms with Gasteiger partial charge in [0, 0.05) is 24.0 Å². The summed E-state index contributed by atoms with van der Waals surface area (Å²) in [6, 6.07) is 30.5. The van der Waals surface area contributed by atoms with Crippen LogP contribution < -0.4 is 5.32 Å². The van der Waals surface area contributed by atoms with Crippen molar-refractivity contribution in [3.05, 3.63) is 143 Å². The number of fused-ring (bicyclic) bond motifs is 2. The molecule has 3 aromatic carbocycles. The van der Waals surface area contributed by atoms with Crippen LogP contribution in [-0.2, 0) is 6.42 Å². The Kier molecular flexibility index (Phi) is 6.58. The molecule has 6 heteroatoms. The molecule has 196 valence electrons. The highest BCUT2D eigenvalue weighted by Gasteiger charge is 2.19. The van der Waals surface area contributed by atoms with Crippen LogP contribution >= 0.6 is 0 Å². The summed E-state index contributed by atoms with van der Waals surface area (Å²) in [7, 11) is 0. The molecule has 0 saturated heterocycles. The zero-order valence-electron chi connectivity index (χ0n) is 21.9. The first-order valence-electron chi connectivity index (χ1n) is 13.1. The average molecular weight is 526 g/mol. The number of carbonyl (C=O) groups excluding carboxylic acids is 1. The standard InChI is InChI=1S/C34H27N3O3/c1-22(24-10-12-26(13-11-24)34(39)40)36-33(38)30-20-29(25-6-3-2-4-7-25)21-37-17-15-28(32(30)37)19-23-9-14-31-27(18-23)8-5-16-35-31/h2-18,20-22H,19H2,1H3,(H,36,38)(H,39,40)/t22-/m0/s1. The Morgan fingerprint density at radius 2 is 1.70 bits per heavy atom. The van der Waals surface area contributed by atoms with E-state index in [0.29, 0.717) is 12.0 Å². The largest absolute Gasteiger partial charge is 0.478 e. The monoisotopic (exact) mass is 525 g/mol. The predicted octanol–water partition coefficient (Wildman–Crippen LogP) is 6.93. The molecule has 0 aliphatic heterocycles. The number of carboxylic acids is 1. The molecule has 0 spiro atoms. The van der Waals surface area contributed by atoms with Gasteiger partial charge in [0.15, 0.2) is 0 Å².